The molecule has 1 heterocycles. The number of carbonyl (C=O) groups excluding carboxylic acids is 1. The Morgan fingerprint density at radius 2 is 1.76 bits per heavy atom. The van der Waals surface area contributed by atoms with Crippen molar-refractivity contribution in [3.8, 4) is 0 Å². The van der Waals surface area contributed by atoms with Gasteiger partial charge in [-0.25, -0.2) is 0 Å². The number of carbonyl (C=O) groups is 1. The molecule has 4 nitrogen and oxygen atoms in total. The van der Waals surface area contributed by atoms with Gasteiger partial charge in [-0.1, -0.05) is 51.9 Å². The average molecular weight is 237 g/mol. The van der Waals surface area contributed by atoms with E-state index in [-0.39, 0.29) is 5.78 Å². The summed E-state index contributed by atoms with van der Waals surface area (Å²) in [6.45, 7) is 2.23. The van der Waals surface area contributed by atoms with Crippen LogP contribution in [0, 0.1) is 0 Å². The molecule has 0 spiro atoms. The molecule has 1 aromatic rings. The van der Waals surface area contributed by atoms with Gasteiger partial charge in [-0.3, -0.25) is 4.79 Å². The molecular formula is C13H23N3O. The molecule has 0 aliphatic carbocycles. The van der Waals surface area contributed by atoms with E-state index >= 15 is 0 Å². The van der Waals surface area contributed by atoms with Crippen molar-refractivity contribution in [2.24, 2.45) is 0 Å². The summed E-state index contributed by atoms with van der Waals surface area (Å²) in [5, 5.41) is 9.87. The van der Waals surface area contributed by atoms with Crippen LogP contribution >= 0.6 is 0 Å². The number of aromatic nitrogens is 3. The first-order valence-corrected chi connectivity index (χ1v) is 6.73. The molecule has 0 fully saturated rings. The molecule has 0 saturated carbocycles. The van der Waals surface area contributed by atoms with Gasteiger partial charge in [0, 0.05) is 6.42 Å². The molecule has 0 amide bonds. The summed E-state index contributed by atoms with van der Waals surface area (Å²) >= 11 is 0. The van der Waals surface area contributed by atoms with Crippen molar-refractivity contribution in [1.82, 2.24) is 15.4 Å². The second-order valence-corrected chi connectivity index (χ2v) is 4.50. The van der Waals surface area contributed by atoms with Crippen molar-refractivity contribution < 1.29 is 4.79 Å². The van der Waals surface area contributed by atoms with Crippen LogP contribution in [0.4, 0.5) is 0 Å². The Labute approximate surface area is 103 Å². The van der Waals surface area contributed by atoms with Crippen LogP contribution in [0.2, 0.25) is 0 Å². The highest BCUT2D eigenvalue weighted by Gasteiger charge is 2.07. The third-order valence-electron chi connectivity index (χ3n) is 2.96. The van der Waals surface area contributed by atoms with Crippen LogP contribution in [0.1, 0.15) is 75.2 Å². The van der Waals surface area contributed by atoms with E-state index in [0.29, 0.717) is 12.1 Å². The lowest BCUT2D eigenvalue weighted by Gasteiger charge is -2.00. The zero-order valence-electron chi connectivity index (χ0n) is 10.7. The number of aromatic amines is 1. The largest absolute Gasteiger partial charge is 0.292 e. The number of nitrogens with one attached hydrogen (secondary N) is 1. The minimum atomic E-state index is 0.102. The van der Waals surface area contributed by atoms with E-state index in [2.05, 4.69) is 22.3 Å². The summed E-state index contributed by atoms with van der Waals surface area (Å²) in [5.41, 5.74) is 0.466. The number of Topliss-reactive ketones (excluding diaryl/α,β-unsaturated/α-hetero) is 1. The topological polar surface area (TPSA) is 58.6 Å². The number of hydrogen-bond donors (Lipinski definition) is 1. The van der Waals surface area contributed by atoms with Gasteiger partial charge >= 0.3 is 0 Å². The number of rotatable bonds is 10. The van der Waals surface area contributed by atoms with Crippen LogP contribution in [0.25, 0.3) is 0 Å². The van der Waals surface area contributed by atoms with E-state index in [4.69, 9.17) is 0 Å². The van der Waals surface area contributed by atoms with Crippen LogP contribution in [0.15, 0.2) is 6.20 Å². The van der Waals surface area contributed by atoms with Gasteiger partial charge in [-0.15, -0.1) is 0 Å². The molecule has 96 valence electrons. The van der Waals surface area contributed by atoms with E-state index < -0.39 is 0 Å². The minimum Gasteiger partial charge on any atom is -0.292 e. The van der Waals surface area contributed by atoms with Gasteiger partial charge in [0.25, 0.3) is 0 Å². The lowest BCUT2D eigenvalue weighted by atomic mass is 10.1. The third-order valence-corrected chi connectivity index (χ3v) is 2.96. The molecule has 0 bridgehead atoms. The van der Waals surface area contributed by atoms with Gasteiger partial charge in [0.2, 0.25) is 0 Å². The molecule has 1 N–H and O–H groups in total. The standard InChI is InChI=1S/C13H23N3O/c1-2-3-4-5-6-7-8-9-10-13(17)12-11-14-16-15-12/h11H,2-10H2,1H3,(H,14,15,16). The second kappa shape index (κ2) is 8.90. The van der Waals surface area contributed by atoms with Gasteiger partial charge in [0.15, 0.2) is 5.78 Å². The fraction of sp³-hybridized carbons (Fsp3) is 0.769. The normalized spacial score (nSPS) is 10.6. The number of nitrogens with zero attached hydrogens (tertiary/aromatic N) is 2. The van der Waals surface area contributed by atoms with Crippen molar-refractivity contribution in [3.05, 3.63) is 11.9 Å². The molecule has 0 aromatic carbocycles. The van der Waals surface area contributed by atoms with Crippen LogP contribution in [-0.2, 0) is 0 Å². The zero-order valence-corrected chi connectivity index (χ0v) is 10.7. The highest BCUT2D eigenvalue weighted by Crippen LogP contribution is 2.10. The van der Waals surface area contributed by atoms with Crippen molar-refractivity contribution in [2.75, 3.05) is 0 Å². The number of H-pyrrole nitrogens is 1. The summed E-state index contributed by atoms with van der Waals surface area (Å²) < 4.78 is 0. The lowest BCUT2D eigenvalue weighted by Crippen LogP contribution is -1.99. The van der Waals surface area contributed by atoms with Crippen LogP contribution in [-0.4, -0.2) is 21.2 Å². The predicted molar refractivity (Wildman–Crippen MR) is 67.9 cm³/mol. The van der Waals surface area contributed by atoms with Crippen molar-refractivity contribution >= 4 is 5.78 Å². The second-order valence-electron chi connectivity index (χ2n) is 4.50. The first kappa shape index (κ1) is 13.9. The molecule has 0 aliphatic heterocycles. The monoisotopic (exact) mass is 237 g/mol. The summed E-state index contributed by atoms with van der Waals surface area (Å²) in [5.74, 6) is 0.102. The van der Waals surface area contributed by atoms with Gasteiger partial charge in [-0.05, 0) is 6.42 Å². The lowest BCUT2D eigenvalue weighted by molar-refractivity contribution is 0.0974. The molecule has 17 heavy (non-hydrogen) atoms. The summed E-state index contributed by atoms with van der Waals surface area (Å²) in [6.07, 6.45) is 12.1. The fourth-order valence-corrected chi connectivity index (χ4v) is 1.88. The van der Waals surface area contributed by atoms with Crippen LogP contribution in [0.5, 0.6) is 0 Å². The van der Waals surface area contributed by atoms with E-state index in [1.165, 1.54) is 44.7 Å². The molecule has 0 saturated heterocycles. The molecule has 0 aliphatic rings. The zero-order chi connectivity index (χ0) is 12.3. The van der Waals surface area contributed by atoms with Gasteiger partial charge in [-0.2, -0.15) is 15.4 Å². The molecule has 4 heteroatoms. The van der Waals surface area contributed by atoms with Gasteiger partial charge in [0.1, 0.15) is 5.69 Å². The predicted octanol–water partition coefficient (Wildman–Crippen LogP) is 3.52. The molecule has 0 radical (unpaired) electrons. The smallest absolute Gasteiger partial charge is 0.184 e. The first-order chi connectivity index (χ1) is 8.34. The van der Waals surface area contributed by atoms with E-state index in [0.717, 1.165) is 12.8 Å². The Morgan fingerprint density at radius 3 is 2.35 bits per heavy atom. The van der Waals surface area contributed by atoms with Crippen LogP contribution < -0.4 is 0 Å². The third kappa shape index (κ3) is 6.19. The maximum Gasteiger partial charge on any atom is 0.184 e. The highest BCUT2D eigenvalue weighted by atomic mass is 16.1. The number of ketones is 1. The molecule has 0 unspecified atom stereocenters. The SMILES string of the molecule is CCCCCCCCCCC(=O)c1cn[nH]n1. The Hall–Kier alpha value is -1.19. The quantitative estimate of drug-likeness (QED) is 0.500. The average Bonchev–Trinajstić information content (AvgIpc) is 2.86. The first-order valence-electron chi connectivity index (χ1n) is 6.73. The fourth-order valence-electron chi connectivity index (χ4n) is 1.88. The minimum absolute atomic E-state index is 0.102. The Balaban J connectivity index is 1.92. The Kier molecular flexibility index (Phi) is 7.27. The van der Waals surface area contributed by atoms with E-state index in [1.54, 1.807) is 0 Å². The van der Waals surface area contributed by atoms with Crippen molar-refractivity contribution in [2.45, 2.75) is 64.7 Å². The van der Waals surface area contributed by atoms with E-state index in [9.17, 15) is 4.79 Å². The summed E-state index contributed by atoms with van der Waals surface area (Å²) in [4.78, 5) is 11.6. The van der Waals surface area contributed by atoms with Crippen LogP contribution in [0.3, 0.4) is 0 Å². The van der Waals surface area contributed by atoms with Gasteiger partial charge in [0.05, 0.1) is 6.20 Å². The molecule has 1 rings (SSSR count). The summed E-state index contributed by atoms with van der Waals surface area (Å²) in [6, 6.07) is 0. The van der Waals surface area contributed by atoms with Gasteiger partial charge < -0.3 is 0 Å². The maximum absolute atomic E-state index is 11.6. The number of unbranched alkanes of at least 4 members (excludes halogenated alkanes) is 7. The van der Waals surface area contributed by atoms with E-state index in [1.807, 2.05) is 0 Å². The highest BCUT2D eigenvalue weighted by molar-refractivity contribution is 5.93. The summed E-state index contributed by atoms with van der Waals surface area (Å²) in [7, 11) is 0. The Morgan fingerprint density at radius 1 is 1.12 bits per heavy atom. The number of hydrogen-bond acceptors (Lipinski definition) is 3. The molecule has 1 aromatic heterocycles. The Bertz CT molecular complexity index is 296. The molecule has 0 atom stereocenters. The van der Waals surface area contributed by atoms with Crippen molar-refractivity contribution in [1.29, 1.82) is 0 Å². The molecular weight excluding hydrogens is 214 g/mol. The van der Waals surface area contributed by atoms with Crippen molar-refractivity contribution in [3.63, 3.8) is 0 Å². The maximum atomic E-state index is 11.6.